The van der Waals surface area contributed by atoms with Gasteiger partial charge in [0.15, 0.2) is 11.5 Å². The molecular weight excluding hydrogens is 829 g/mol. The normalized spacial score (nSPS) is 13.5. The van der Waals surface area contributed by atoms with Crippen LogP contribution in [0, 0.1) is 0 Å². The maximum atomic E-state index is 14.2. The Morgan fingerprint density at radius 3 is 1.08 bits per heavy atom. The number of nitrogens with zero attached hydrogens (tertiary/aromatic N) is 1. The average molecular weight is 852 g/mol. The quantitative estimate of drug-likeness (QED) is 0.0716. The molecule has 1 heterocycles. The minimum atomic E-state index is -6.42. The maximum Gasteiger partial charge on any atom is 0.534 e. The highest BCUT2D eigenvalue weighted by Crippen LogP contribution is 2.55. The molecule has 0 spiro atoms. The van der Waals surface area contributed by atoms with Crippen LogP contribution in [0.15, 0.2) is 127 Å². The van der Waals surface area contributed by atoms with Gasteiger partial charge < -0.3 is 12.9 Å². The van der Waals surface area contributed by atoms with Crippen molar-refractivity contribution in [1.82, 2.24) is 4.57 Å². The number of hydrogen-bond donors (Lipinski definition) is 0. The molecule has 0 atom stereocenters. The molecule has 0 saturated carbocycles. The van der Waals surface area contributed by atoms with Gasteiger partial charge in [-0.05, 0) is 85.1 Å². The van der Waals surface area contributed by atoms with Crippen LogP contribution in [0.2, 0.25) is 0 Å². The van der Waals surface area contributed by atoms with E-state index in [9.17, 15) is 43.2 Å². The van der Waals surface area contributed by atoms with E-state index in [1.807, 2.05) is 78.9 Å². The third-order valence-corrected chi connectivity index (χ3v) is 13.4. The summed E-state index contributed by atoms with van der Waals surface area (Å²) in [6.07, 6.45) is 0. The van der Waals surface area contributed by atoms with Crippen molar-refractivity contribution in [3.8, 4) is 11.5 Å². The fourth-order valence-corrected chi connectivity index (χ4v) is 10.1. The van der Waals surface area contributed by atoms with Crippen molar-refractivity contribution in [1.29, 1.82) is 0 Å². The number of fused-ring (bicyclic) bond motifs is 7. The van der Waals surface area contributed by atoms with Crippen LogP contribution in [0.1, 0.15) is 5.56 Å². The van der Waals surface area contributed by atoms with E-state index >= 15 is 0 Å². The molecule has 0 N–H and O–H groups in total. The van der Waals surface area contributed by atoms with E-state index in [4.69, 9.17) is 8.37 Å². The van der Waals surface area contributed by atoms with E-state index in [-0.39, 0.29) is 10.8 Å². The van der Waals surface area contributed by atoms with Gasteiger partial charge in [0, 0.05) is 49.6 Å². The highest BCUT2D eigenvalue weighted by atomic mass is 32.2. The van der Waals surface area contributed by atoms with Crippen molar-refractivity contribution in [2.45, 2.75) is 17.6 Å². The number of halogens is 6. The van der Waals surface area contributed by atoms with Crippen LogP contribution in [0.3, 0.4) is 0 Å². The van der Waals surface area contributed by atoms with Crippen LogP contribution >= 0.6 is 0 Å². The number of aromatic nitrogens is 1. The molecule has 0 aliphatic rings. The van der Waals surface area contributed by atoms with Crippen LogP contribution < -0.4 is 8.37 Å². The third kappa shape index (κ3) is 4.89. The molecule has 11 rings (SSSR count). The molecule has 0 radical (unpaired) electrons. The van der Waals surface area contributed by atoms with Gasteiger partial charge >= 0.3 is 31.3 Å². The van der Waals surface area contributed by atoms with Crippen molar-refractivity contribution < 1.29 is 51.5 Å². The monoisotopic (exact) mass is 851 g/mol. The van der Waals surface area contributed by atoms with E-state index < -0.39 is 53.5 Å². The molecule has 15 heteroatoms. The molecule has 1 aromatic heterocycles. The lowest BCUT2D eigenvalue weighted by Crippen LogP contribution is -2.28. The molecule has 0 bridgehead atoms. The Morgan fingerprint density at radius 2 is 0.717 bits per heavy atom. The van der Waals surface area contributed by atoms with Crippen molar-refractivity contribution in [2.75, 3.05) is 0 Å². The Balaban J connectivity index is 1.53. The summed E-state index contributed by atoms with van der Waals surface area (Å²) in [6, 6.07) is 36.3. The lowest BCUT2D eigenvalue weighted by molar-refractivity contribution is -0.0504. The van der Waals surface area contributed by atoms with Gasteiger partial charge in [-0.25, -0.2) is 0 Å². The van der Waals surface area contributed by atoms with Gasteiger partial charge in [-0.3, -0.25) is 0 Å². The van der Waals surface area contributed by atoms with Gasteiger partial charge in [0.1, 0.15) is 0 Å². The topological polar surface area (TPSA) is 91.7 Å². The van der Waals surface area contributed by atoms with Gasteiger partial charge in [0.25, 0.3) is 0 Å². The first kappa shape index (κ1) is 36.5. The average Bonchev–Trinajstić information content (AvgIpc) is 3.52. The Morgan fingerprint density at radius 1 is 0.383 bits per heavy atom. The van der Waals surface area contributed by atoms with Gasteiger partial charge in [-0.15, -0.1) is 0 Å². The highest BCUT2D eigenvalue weighted by Gasteiger charge is 2.50. The lowest BCUT2D eigenvalue weighted by Gasteiger charge is -2.21. The molecule has 10 aromatic carbocycles. The fourth-order valence-electron chi connectivity index (χ4n) is 9.18. The molecule has 0 aliphatic heterocycles. The predicted molar refractivity (Wildman–Crippen MR) is 221 cm³/mol. The number of benzene rings is 9. The van der Waals surface area contributed by atoms with E-state index in [1.54, 1.807) is 24.3 Å². The Labute approximate surface area is 334 Å². The van der Waals surface area contributed by atoms with E-state index in [1.165, 1.54) is 12.1 Å². The summed E-state index contributed by atoms with van der Waals surface area (Å²) in [4.78, 5) is 0. The van der Waals surface area contributed by atoms with Crippen LogP contribution in [0.4, 0.5) is 26.3 Å². The number of rotatable bonds is 6. The van der Waals surface area contributed by atoms with E-state index in [0.717, 1.165) is 17.7 Å². The first-order valence-corrected chi connectivity index (χ1v) is 21.1. The molecule has 11 aromatic rings. The second-order valence-electron chi connectivity index (χ2n) is 14.6. The smallest absolute Gasteiger partial charge is 0.375 e. The summed E-state index contributed by atoms with van der Waals surface area (Å²) >= 11 is 0. The number of alkyl halides is 6. The molecule has 0 saturated heterocycles. The van der Waals surface area contributed by atoms with Crippen molar-refractivity contribution in [3.05, 3.63) is 133 Å². The summed E-state index contributed by atoms with van der Waals surface area (Å²) < 4.78 is 149. The molecule has 0 unspecified atom stereocenters. The molecule has 0 aliphatic carbocycles. The zero-order valence-electron chi connectivity index (χ0n) is 30.3. The third-order valence-electron chi connectivity index (χ3n) is 11.4. The molecule has 298 valence electrons. The zero-order chi connectivity index (χ0) is 41.7. The van der Waals surface area contributed by atoms with Crippen LogP contribution in [0.25, 0.3) is 97.2 Å². The first-order chi connectivity index (χ1) is 28.6. The Bertz CT molecular complexity index is 3630. The second-order valence-corrected chi connectivity index (χ2v) is 17.7. The Kier molecular flexibility index (Phi) is 7.31. The minimum Gasteiger partial charge on any atom is -0.375 e. The predicted octanol–water partition coefficient (Wildman–Crippen LogP) is 12.2. The van der Waals surface area contributed by atoms with Crippen LogP contribution in [-0.4, -0.2) is 32.4 Å². The van der Waals surface area contributed by atoms with Gasteiger partial charge in [0.05, 0.1) is 11.0 Å². The highest BCUT2D eigenvalue weighted by molar-refractivity contribution is 7.88. The largest absolute Gasteiger partial charge is 0.534 e. The lowest BCUT2D eigenvalue weighted by atomic mass is 9.84. The van der Waals surface area contributed by atoms with Crippen molar-refractivity contribution >= 4 is 117 Å². The fraction of sp³-hybridized carbons (Fsp3) is 0.0667. The standard InChI is InChI=1S/C45H23F6NO6S2/c46-44(47,48)59(53,54)57-34-20-16-30-26-12-6-4-10-24(26)28-14-18-32-40-36(28)38(30)42(34)43-35(58-60(55,56)45(49,50)51)21-17-31-27-13-7-5-11-25(27)29-15-19-33(41(40)37(29)39(31)43)52(32)22-23-8-2-1-3-9-23/h1-21H,22H2. The van der Waals surface area contributed by atoms with Gasteiger partial charge in [0.2, 0.25) is 0 Å². The summed E-state index contributed by atoms with van der Waals surface area (Å²) in [7, 11) is -12.8. The van der Waals surface area contributed by atoms with E-state index in [0.29, 0.717) is 82.2 Å². The van der Waals surface area contributed by atoms with Crippen molar-refractivity contribution in [3.63, 3.8) is 0 Å². The SMILES string of the molecule is O=S(=O)(Oc1ccc2c3ccccc3c3ccc4c5c3c2c1c1c(OS(=O)(=O)C(F)(F)F)ccc2c3ccccc3c3ccc(c5c3c21)n4Cc1ccccc1)C(F)(F)F. The first-order valence-electron chi connectivity index (χ1n) is 18.3. The minimum absolute atomic E-state index is 0.112. The maximum absolute atomic E-state index is 14.2. The molecule has 0 fully saturated rings. The van der Waals surface area contributed by atoms with Crippen molar-refractivity contribution in [2.24, 2.45) is 0 Å². The zero-order valence-corrected chi connectivity index (χ0v) is 31.9. The van der Waals surface area contributed by atoms with Gasteiger partial charge in [-0.2, -0.15) is 43.2 Å². The molecular formula is C45H23F6NO6S2. The Hall–Kier alpha value is -6.58. The van der Waals surface area contributed by atoms with Crippen LogP contribution in [-0.2, 0) is 26.8 Å². The van der Waals surface area contributed by atoms with E-state index in [2.05, 4.69) is 4.57 Å². The summed E-state index contributed by atoms with van der Waals surface area (Å²) in [5, 5.41) is 6.02. The molecule has 7 nitrogen and oxygen atoms in total. The summed E-state index contributed by atoms with van der Waals surface area (Å²) in [5.41, 5.74) is -9.53. The summed E-state index contributed by atoms with van der Waals surface area (Å²) in [6.45, 7) is 0.352. The second kappa shape index (κ2) is 12.0. The van der Waals surface area contributed by atoms with Crippen LogP contribution in [0.5, 0.6) is 11.5 Å². The molecule has 0 amide bonds. The summed E-state index contributed by atoms with van der Waals surface area (Å²) in [5.74, 6) is -1.81. The van der Waals surface area contributed by atoms with Gasteiger partial charge in [-0.1, -0.05) is 91.0 Å². The number of hydrogen-bond acceptors (Lipinski definition) is 6. The molecule has 60 heavy (non-hydrogen) atoms.